The lowest BCUT2D eigenvalue weighted by Crippen LogP contribution is -2.46. The van der Waals surface area contributed by atoms with Crippen molar-refractivity contribution in [2.75, 3.05) is 20.3 Å². The van der Waals surface area contributed by atoms with Gasteiger partial charge in [-0.2, -0.15) is 0 Å². The second-order valence-corrected chi connectivity index (χ2v) is 4.21. The molecule has 1 heterocycles. The van der Waals surface area contributed by atoms with Crippen molar-refractivity contribution in [1.29, 1.82) is 0 Å². The van der Waals surface area contributed by atoms with Gasteiger partial charge >= 0.3 is 0 Å². The standard InChI is InChI=1S/C11H21NO2/c1-9(5-7-14-3)12-6-4-11(13)8-10(12)2/h9-10H,4-8H2,1-3H3. The van der Waals surface area contributed by atoms with Crippen LogP contribution in [0.4, 0.5) is 0 Å². The zero-order chi connectivity index (χ0) is 10.6. The highest BCUT2D eigenvalue weighted by molar-refractivity contribution is 5.79. The first-order valence-electron chi connectivity index (χ1n) is 5.41. The van der Waals surface area contributed by atoms with E-state index in [4.69, 9.17) is 4.74 Å². The lowest BCUT2D eigenvalue weighted by atomic mass is 9.99. The Kier molecular flexibility index (Phi) is 4.55. The van der Waals surface area contributed by atoms with E-state index in [1.165, 1.54) is 0 Å². The minimum Gasteiger partial charge on any atom is -0.385 e. The van der Waals surface area contributed by atoms with Gasteiger partial charge in [-0.15, -0.1) is 0 Å². The van der Waals surface area contributed by atoms with Crippen LogP contribution in [0.2, 0.25) is 0 Å². The molecule has 0 spiro atoms. The summed E-state index contributed by atoms with van der Waals surface area (Å²) in [5.41, 5.74) is 0. The van der Waals surface area contributed by atoms with E-state index in [9.17, 15) is 4.79 Å². The number of likely N-dealkylation sites (tertiary alicyclic amines) is 1. The summed E-state index contributed by atoms with van der Waals surface area (Å²) in [6, 6.07) is 0.932. The number of hydrogen-bond donors (Lipinski definition) is 0. The van der Waals surface area contributed by atoms with Gasteiger partial charge in [-0.1, -0.05) is 0 Å². The summed E-state index contributed by atoms with van der Waals surface area (Å²) in [7, 11) is 1.73. The summed E-state index contributed by atoms with van der Waals surface area (Å²) < 4.78 is 5.07. The van der Waals surface area contributed by atoms with Crippen molar-refractivity contribution in [3.8, 4) is 0 Å². The Bertz CT molecular complexity index is 194. The number of rotatable bonds is 4. The fourth-order valence-electron chi connectivity index (χ4n) is 2.13. The Balaban J connectivity index is 2.38. The molecule has 0 amide bonds. The summed E-state index contributed by atoms with van der Waals surface area (Å²) in [6.07, 6.45) is 2.49. The van der Waals surface area contributed by atoms with E-state index in [0.29, 0.717) is 17.9 Å². The van der Waals surface area contributed by atoms with Gasteiger partial charge in [-0.25, -0.2) is 0 Å². The molecule has 0 aromatic rings. The maximum absolute atomic E-state index is 11.2. The lowest BCUT2D eigenvalue weighted by molar-refractivity contribution is -0.123. The molecule has 0 radical (unpaired) electrons. The van der Waals surface area contributed by atoms with Crippen LogP contribution in [0, 0.1) is 0 Å². The van der Waals surface area contributed by atoms with E-state index < -0.39 is 0 Å². The molecule has 82 valence electrons. The topological polar surface area (TPSA) is 29.5 Å². The number of nitrogens with zero attached hydrogens (tertiary/aromatic N) is 1. The molecule has 14 heavy (non-hydrogen) atoms. The van der Waals surface area contributed by atoms with E-state index in [2.05, 4.69) is 18.7 Å². The van der Waals surface area contributed by atoms with Crippen LogP contribution < -0.4 is 0 Å². The number of carbonyl (C=O) groups excluding carboxylic acids is 1. The number of methoxy groups -OCH3 is 1. The van der Waals surface area contributed by atoms with Crippen LogP contribution >= 0.6 is 0 Å². The highest BCUT2D eigenvalue weighted by atomic mass is 16.5. The van der Waals surface area contributed by atoms with Gasteiger partial charge in [0, 0.05) is 45.2 Å². The molecule has 0 aromatic carbocycles. The predicted octanol–water partition coefficient (Wildman–Crippen LogP) is 1.46. The molecule has 2 atom stereocenters. The Morgan fingerprint density at radius 2 is 2.36 bits per heavy atom. The number of hydrogen-bond acceptors (Lipinski definition) is 3. The molecule has 0 aliphatic carbocycles. The summed E-state index contributed by atoms with van der Waals surface area (Å²) in [5, 5.41) is 0. The Morgan fingerprint density at radius 1 is 1.64 bits per heavy atom. The zero-order valence-corrected chi connectivity index (χ0v) is 9.45. The number of ether oxygens (including phenoxy) is 1. The van der Waals surface area contributed by atoms with Crippen molar-refractivity contribution in [3.63, 3.8) is 0 Å². The van der Waals surface area contributed by atoms with Crippen molar-refractivity contribution in [2.24, 2.45) is 0 Å². The summed E-state index contributed by atoms with van der Waals surface area (Å²) in [4.78, 5) is 13.6. The molecule has 3 heteroatoms. The van der Waals surface area contributed by atoms with Gasteiger partial charge in [0.2, 0.25) is 0 Å². The first-order chi connectivity index (χ1) is 6.65. The Hall–Kier alpha value is -0.410. The zero-order valence-electron chi connectivity index (χ0n) is 9.45. The first-order valence-corrected chi connectivity index (χ1v) is 5.41. The second-order valence-electron chi connectivity index (χ2n) is 4.21. The third-order valence-corrected chi connectivity index (χ3v) is 3.04. The van der Waals surface area contributed by atoms with Crippen molar-refractivity contribution >= 4 is 5.78 Å². The van der Waals surface area contributed by atoms with Crippen molar-refractivity contribution in [2.45, 2.75) is 45.2 Å². The highest BCUT2D eigenvalue weighted by Crippen LogP contribution is 2.18. The van der Waals surface area contributed by atoms with Gasteiger partial charge in [0.25, 0.3) is 0 Å². The van der Waals surface area contributed by atoms with Crippen LogP contribution in [0.3, 0.4) is 0 Å². The van der Waals surface area contributed by atoms with Crippen LogP contribution in [-0.4, -0.2) is 43.0 Å². The van der Waals surface area contributed by atoms with Gasteiger partial charge in [-0.3, -0.25) is 9.69 Å². The number of piperidine rings is 1. The summed E-state index contributed by atoms with van der Waals surface area (Å²) in [6.45, 7) is 6.08. The number of ketones is 1. The molecule has 3 nitrogen and oxygen atoms in total. The summed E-state index contributed by atoms with van der Waals surface area (Å²) >= 11 is 0. The molecular formula is C11H21NO2. The van der Waals surface area contributed by atoms with Gasteiger partial charge in [-0.05, 0) is 20.3 Å². The molecule has 1 saturated heterocycles. The van der Waals surface area contributed by atoms with Crippen molar-refractivity contribution in [3.05, 3.63) is 0 Å². The quantitative estimate of drug-likeness (QED) is 0.686. The van der Waals surface area contributed by atoms with Gasteiger partial charge in [0.05, 0.1) is 0 Å². The third-order valence-electron chi connectivity index (χ3n) is 3.04. The van der Waals surface area contributed by atoms with Crippen LogP contribution in [0.25, 0.3) is 0 Å². The molecule has 0 N–H and O–H groups in total. The summed E-state index contributed by atoms with van der Waals surface area (Å²) in [5.74, 6) is 0.410. The largest absolute Gasteiger partial charge is 0.385 e. The lowest BCUT2D eigenvalue weighted by Gasteiger charge is -2.37. The smallest absolute Gasteiger partial charge is 0.135 e. The molecule has 0 aromatic heterocycles. The SMILES string of the molecule is COCCC(C)N1CCC(=O)CC1C. The molecule has 0 bridgehead atoms. The fourth-order valence-corrected chi connectivity index (χ4v) is 2.13. The maximum atomic E-state index is 11.2. The Labute approximate surface area is 86.4 Å². The van der Waals surface area contributed by atoms with E-state index in [1.54, 1.807) is 7.11 Å². The predicted molar refractivity (Wildman–Crippen MR) is 56.4 cm³/mol. The highest BCUT2D eigenvalue weighted by Gasteiger charge is 2.26. The van der Waals surface area contributed by atoms with E-state index in [-0.39, 0.29) is 0 Å². The van der Waals surface area contributed by atoms with Crippen LogP contribution in [-0.2, 0) is 9.53 Å². The van der Waals surface area contributed by atoms with E-state index in [0.717, 1.165) is 32.4 Å². The van der Waals surface area contributed by atoms with Gasteiger partial charge < -0.3 is 4.74 Å². The Morgan fingerprint density at radius 3 is 2.93 bits per heavy atom. The molecule has 0 saturated carbocycles. The average molecular weight is 199 g/mol. The number of Topliss-reactive ketones (excluding diaryl/α,β-unsaturated/α-hetero) is 1. The normalized spacial score (nSPS) is 26.5. The van der Waals surface area contributed by atoms with Gasteiger partial charge in [0.1, 0.15) is 5.78 Å². The van der Waals surface area contributed by atoms with E-state index >= 15 is 0 Å². The van der Waals surface area contributed by atoms with E-state index in [1.807, 2.05) is 0 Å². The van der Waals surface area contributed by atoms with Gasteiger partial charge in [0.15, 0.2) is 0 Å². The molecular weight excluding hydrogens is 178 g/mol. The first kappa shape index (κ1) is 11.7. The van der Waals surface area contributed by atoms with Crippen LogP contribution in [0.5, 0.6) is 0 Å². The molecule has 1 aliphatic heterocycles. The second kappa shape index (κ2) is 5.47. The minimum atomic E-state index is 0.406. The van der Waals surface area contributed by atoms with Crippen LogP contribution in [0.15, 0.2) is 0 Å². The number of carbonyl (C=O) groups is 1. The van der Waals surface area contributed by atoms with Crippen molar-refractivity contribution in [1.82, 2.24) is 4.90 Å². The molecule has 1 aliphatic rings. The minimum absolute atomic E-state index is 0.406. The maximum Gasteiger partial charge on any atom is 0.135 e. The van der Waals surface area contributed by atoms with Crippen LogP contribution in [0.1, 0.15) is 33.1 Å². The molecule has 1 rings (SSSR count). The average Bonchev–Trinajstić information content (AvgIpc) is 2.14. The third kappa shape index (κ3) is 3.07. The molecule has 1 fully saturated rings. The molecule has 2 unspecified atom stereocenters. The monoisotopic (exact) mass is 199 g/mol. The fraction of sp³-hybridized carbons (Fsp3) is 0.909. The van der Waals surface area contributed by atoms with Crippen molar-refractivity contribution < 1.29 is 9.53 Å².